The molecule has 2 aromatic carbocycles. The monoisotopic (exact) mass is 418 g/mol. The number of aliphatic hydroxyl groups excluding tert-OH is 1. The molecule has 0 aliphatic carbocycles. The molecule has 0 unspecified atom stereocenters. The van der Waals surface area contributed by atoms with Gasteiger partial charge in [-0.05, 0) is 73.1 Å². The van der Waals surface area contributed by atoms with Crippen LogP contribution in [0.1, 0.15) is 35.3 Å². The number of fused-ring (bicyclic) bond motifs is 1. The fourth-order valence-corrected chi connectivity index (χ4v) is 5.15. The van der Waals surface area contributed by atoms with Crippen LogP contribution in [0.5, 0.6) is 0 Å². The van der Waals surface area contributed by atoms with E-state index in [9.17, 15) is 5.11 Å². The maximum Gasteiger partial charge on any atom is 0.226 e. The van der Waals surface area contributed by atoms with Gasteiger partial charge >= 0.3 is 0 Å². The summed E-state index contributed by atoms with van der Waals surface area (Å²) >= 11 is 1.65. The van der Waals surface area contributed by atoms with Gasteiger partial charge in [0.25, 0.3) is 0 Å². The number of piperidine rings is 1. The molecule has 5 heteroatoms. The van der Waals surface area contributed by atoms with Crippen LogP contribution in [0.15, 0.2) is 64.4 Å². The van der Waals surface area contributed by atoms with Crippen molar-refractivity contribution < 1.29 is 9.52 Å². The molecule has 1 saturated heterocycles. The van der Waals surface area contributed by atoms with Gasteiger partial charge in [-0.3, -0.25) is 4.90 Å². The van der Waals surface area contributed by atoms with Crippen molar-refractivity contribution in [3.05, 3.63) is 76.3 Å². The van der Waals surface area contributed by atoms with Gasteiger partial charge in [0.15, 0.2) is 0 Å². The molecular weight excluding hydrogens is 392 g/mol. The Bertz CT molecular complexity index is 1130. The van der Waals surface area contributed by atoms with E-state index in [0.29, 0.717) is 11.8 Å². The quantitative estimate of drug-likeness (QED) is 0.444. The zero-order valence-electron chi connectivity index (χ0n) is 17.1. The van der Waals surface area contributed by atoms with E-state index in [0.717, 1.165) is 54.4 Å². The van der Waals surface area contributed by atoms with Crippen LogP contribution in [0.4, 0.5) is 0 Å². The minimum absolute atomic E-state index is 0.333. The predicted molar refractivity (Wildman–Crippen MR) is 121 cm³/mol. The Balaban J connectivity index is 1.25. The van der Waals surface area contributed by atoms with Gasteiger partial charge in [0, 0.05) is 17.0 Å². The van der Waals surface area contributed by atoms with Crippen molar-refractivity contribution in [3.8, 4) is 11.5 Å². The van der Waals surface area contributed by atoms with E-state index in [1.807, 2.05) is 24.4 Å². The van der Waals surface area contributed by atoms with Gasteiger partial charge in [-0.1, -0.05) is 36.4 Å². The molecule has 0 bridgehead atoms. The van der Waals surface area contributed by atoms with E-state index >= 15 is 0 Å². The van der Waals surface area contributed by atoms with Crippen molar-refractivity contribution in [1.82, 2.24) is 9.88 Å². The predicted octanol–water partition coefficient (Wildman–Crippen LogP) is 5.81. The van der Waals surface area contributed by atoms with Crippen molar-refractivity contribution in [2.24, 2.45) is 5.92 Å². The van der Waals surface area contributed by atoms with Crippen LogP contribution in [0.25, 0.3) is 22.2 Å². The van der Waals surface area contributed by atoms with Gasteiger partial charge < -0.3 is 9.52 Å². The number of oxazole rings is 1. The molecule has 4 aromatic rings. The van der Waals surface area contributed by atoms with Crippen LogP contribution in [0, 0.1) is 12.8 Å². The standard InChI is InChI=1S/C25H26N2O2S/c1-17-22(16-27-12-10-19(11-13-27)24(28)23-7-4-14-30-23)26-25(29-17)21-9-8-18-5-2-3-6-20(18)15-21/h2-9,14-15,19,24,28H,10-13,16H2,1H3/t24-/m0/s1. The Morgan fingerprint density at radius 3 is 2.67 bits per heavy atom. The lowest BCUT2D eigenvalue weighted by Crippen LogP contribution is -2.35. The lowest BCUT2D eigenvalue weighted by atomic mass is 9.90. The third-order valence-corrected chi connectivity index (χ3v) is 7.12. The fraction of sp³-hybridized carbons (Fsp3) is 0.320. The summed E-state index contributed by atoms with van der Waals surface area (Å²) in [5.41, 5.74) is 2.02. The molecule has 1 fully saturated rings. The second-order valence-corrected chi connectivity index (χ2v) is 9.14. The number of benzene rings is 2. The van der Waals surface area contributed by atoms with Gasteiger partial charge in [0.2, 0.25) is 5.89 Å². The van der Waals surface area contributed by atoms with Crippen LogP contribution in [-0.4, -0.2) is 28.1 Å². The van der Waals surface area contributed by atoms with Crippen LogP contribution >= 0.6 is 11.3 Å². The zero-order valence-corrected chi connectivity index (χ0v) is 17.9. The highest BCUT2D eigenvalue weighted by molar-refractivity contribution is 7.10. The topological polar surface area (TPSA) is 49.5 Å². The van der Waals surface area contributed by atoms with E-state index in [4.69, 9.17) is 9.40 Å². The first-order valence-electron chi connectivity index (χ1n) is 10.6. The average Bonchev–Trinajstić information content (AvgIpc) is 3.44. The Labute approximate surface area is 180 Å². The van der Waals surface area contributed by atoms with Crippen molar-refractivity contribution in [3.63, 3.8) is 0 Å². The summed E-state index contributed by atoms with van der Waals surface area (Å²) in [5, 5.41) is 15.1. The summed E-state index contributed by atoms with van der Waals surface area (Å²) in [7, 11) is 0. The average molecular weight is 419 g/mol. The number of hydrogen-bond donors (Lipinski definition) is 1. The van der Waals surface area contributed by atoms with Crippen LogP contribution in [0.3, 0.4) is 0 Å². The van der Waals surface area contributed by atoms with Gasteiger partial charge in [-0.2, -0.15) is 0 Å². The van der Waals surface area contributed by atoms with Gasteiger partial charge in [0.1, 0.15) is 5.76 Å². The van der Waals surface area contributed by atoms with Gasteiger partial charge in [0.05, 0.1) is 11.8 Å². The number of rotatable bonds is 5. The summed E-state index contributed by atoms with van der Waals surface area (Å²) in [6.45, 7) is 4.75. The van der Waals surface area contributed by atoms with Crippen LogP contribution in [-0.2, 0) is 6.54 Å². The molecule has 1 aliphatic rings. The van der Waals surface area contributed by atoms with Crippen molar-refractivity contribution in [1.29, 1.82) is 0 Å². The first-order valence-corrected chi connectivity index (χ1v) is 11.4. The lowest BCUT2D eigenvalue weighted by Gasteiger charge is -2.33. The van der Waals surface area contributed by atoms with Crippen molar-refractivity contribution in [2.75, 3.05) is 13.1 Å². The minimum atomic E-state index is -0.333. The second-order valence-electron chi connectivity index (χ2n) is 8.16. The third-order valence-electron chi connectivity index (χ3n) is 6.18. The summed E-state index contributed by atoms with van der Waals surface area (Å²) in [6, 6.07) is 18.7. The number of aliphatic hydroxyl groups is 1. The molecule has 1 N–H and O–H groups in total. The van der Waals surface area contributed by atoms with E-state index in [1.54, 1.807) is 11.3 Å². The Kier molecular flexibility index (Phi) is 5.42. The Morgan fingerprint density at radius 1 is 1.10 bits per heavy atom. The molecule has 0 spiro atoms. The number of likely N-dealkylation sites (tertiary alicyclic amines) is 1. The SMILES string of the molecule is Cc1oc(-c2ccc3ccccc3c2)nc1CN1CCC([C@H](O)c2cccs2)CC1. The van der Waals surface area contributed by atoms with E-state index in [2.05, 4.69) is 47.4 Å². The summed E-state index contributed by atoms with van der Waals surface area (Å²) in [5.74, 6) is 1.92. The largest absolute Gasteiger partial charge is 0.441 e. The third kappa shape index (κ3) is 3.93. The molecule has 0 saturated carbocycles. The fourth-order valence-electron chi connectivity index (χ4n) is 4.35. The van der Waals surface area contributed by atoms with Gasteiger partial charge in [-0.15, -0.1) is 11.3 Å². The molecule has 30 heavy (non-hydrogen) atoms. The number of nitrogens with zero attached hydrogens (tertiary/aromatic N) is 2. The van der Waals surface area contributed by atoms with Crippen molar-refractivity contribution >= 4 is 22.1 Å². The molecule has 154 valence electrons. The molecule has 0 amide bonds. The number of aromatic nitrogens is 1. The Hall–Kier alpha value is -2.47. The number of aryl methyl sites for hydroxylation is 1. The molecule has 5 rings (SSSR count). The molecule has 0 radical (unpaired) electrons. The molecule has 2 aromatic heterocycles. The van der Waals surface area contributed by atoms with E-state index < -0.39 is 0 Å². The summed E-state index contributed by atoms with van der Waals surface area (Å²) in [6.07, 6.45) is 1.68. The number of hydrogen-bond acceptors (Lipinski definition) is 5. The van der Waals surface area contributed by atoms with Crippen LogP contribution < -0.4 is 0 Å². The van der Waals surface area contributed by atoms with E-state index in [-0.39, 0.29) is 6.10 Å². The van der Waals surface area contributed by atoms with Crippen LogP contribution in [0.2, 0.25) is 0 Å². The zero-order chi connectivity index (χ0) is 20.5. The molecular formula is C25H26N2O2S. The first-order chi connectivity index (χ1) is 14.7. The maximum absolute atomic E-state index is 10.6. The maximum atomic E-state index is 10.6. The smallest absolute Gasteiger partial charge is 0.226 e. The molecule has 4 nitrogen and oxygen atoms in total. The minimum Gasteiger partial charge on any atom is -0.441 e. The molecule has 3 heterocycles. The normalized spacial score (nSPS) is 16.9. The lowest BCUT2D eigenvalue weighted by molar-refractivity contribution is 0.0586. The number of thiophene rings is 1. The highest BCUT2D eigenvalue weighted by Gasteiger charge is 2.27. The van der Waals surface area contributed by atoms with E-state index in [1.165, 1.54) is 10.8 Å². The summed E-state index contributed by atoms with van der Waals surface area (Å²) in [4.78, 5) is 8.33. The van der Waals surface area contributed by atoms with Crippen molar-refractivity contribution in [2.45, 2.75) is 32.4 Å². The molecule has 1 aliphatic heterocycles. The highest BCUT2D eigenvalue weighted by atomic mass is 32.1. The van der Waals surface area contributed by atoms with Gasteiger partial charge in [-0.25, -0.2) is 4.98 Å². The first kappa shape index (κ1) is 19.5. The summed E-state index contributed by atoms with van der Waals surface area (Å²) < 4.78 is 6.02. The molecule has 1 atom stereocenters. The Morgan fingerprint density at radius 2 is 1.90 bits per heavy atom. The second kappa shape index (κ2) is 8.34. The highest BCUT2D eigenvalue weighted by Crippen LogP contribution is 2.33.